The van der Waals surface area contributed by atoms with Gasteiger partial charge >= 0.3 is 0 Å². The van der Waals surface area contributed by atoms with E-state index in [4.69, 9.17) is 4.98 Å². The number of benzene rings is 1. The van der Waals surface area contributed by atoms with Crippen molar-refractivity contribution < 1.29 is 4.79 Å². The molecule has 0 saturated heterocycles. The molecule has 1 aromatic carbocycles. The molecule has 0 radical (unpaired) electrons. The molecule has 0 aliphatic rings. The molecule has 6 nitrogen and oxygen atoms in total. The van der Waals surface area contributed by atoms with Crippen molar-refractivity contribution in [1.82, 2.24) is 19.7 Å². The molecule has 0 aliphatic heterocycles. The number of aromatic nitrogens is 3. The second-order valence-electron chi connectivity index (χ2n) is 7.24. The van der Waals surface area contributed by atoms with Gasteiger partial charge in [0.15, 0.2) is 10.8 Å². The number of fused-ring (bicyclic) bond motifs is 1. The number of halogens is 1. The zero-order valence-electron chi connectivity index (χ0n) is 18.0. The highest BCUT2D eigenvalue weighted by molar-refractivity contribution is 7.22. The summed E-state index contributed by atoms with van der Waals surface area (Å²) in [7, 11) is 1.84. The van der Waals surface area contributed by atoms with E-state index in [0.717, 1.165) is 46.1 Å². The molecule has 0 unspecified atom stereocenters. The molecular weight excluding hydrogens is 406 g/mol. The van der Waals surface area contributed by atoms with Gasteiger partial charge in [0.2, 0.25) is 0 Å². The zero-order valence-corrected chi connectivity index (χ0v) is 19.7. The molecule has 29 heavy (non-hydrogen) atoms. The monoisotopic (exact) mass is 435 g/mol. The van der Waals surface area contributed by atoms with Crippen LogP contribution in [0.15, 0.2) is 18.3 Å². The van der Waals surface area contributed by atoms with Gasteiger partial charge < -0.3 is 4.90 Å². The second kappa shape index (κ2) is 9.69. The van der Waals surface area contributed by atoms with Crippen LogP contribution in [0.2, 0.25) is 0 Å². The number of nitrogens with zero attached hydrogens (tertiary/aromatic N) is 5. The van der Waals surface area contributed by atoms with Crippen LogP contribution in [-0.4, -0.2) is 51.8 Å². The first-order valence-corrected chi connectivity index (χ1v) is 10.6. The summed E-state index contributed by atoms with van der Waals surface area (Å²) in [6, 6.07) is 4.28. The average molecular weight is 436 g/mol. The number of carbonyl (C=O) groups is 1. The van der Waals surface area contributed by atoms with Gasteiger partial charge in [0.05, 0.1) is 10.2 Å². The van der Waals surface area contributed by atoms with E-state index in [9.17, 15) is 4.79 Å². The number of hydrogen-bond donors (Lipinski definition) is 0. The Bertz CT molecular complexity index is 993. The summed E-state index contributed by atoms with van der Waals surface area (Å²) >= 11 is 1.58. The molecule has 0 spiro atoms. The highest BCUT2D eigenvalue weighted by atomic mass is 35.5. The number of rotatable bonds is 7. The first kappa shape index (κ1) is 23.3. The summed E-state index contributed by atoms with van der Waals surface area (Å²) in [5, 5.41) is 5.14. The first-order valence-electron chi connectivity index (χ1n) is 9.76. The smallest absolute Gasteiger partial charge is 0.280 e. The summed E-state index contributed by atoms with van der Waals surface area (Å²) in [4.78, 5) is 22.3. The van der Waals surface area contributed by atoms with Crippen molar-refractivity contribution in [2.75, 3.05) is 31.1 Å². The van der Waals surface area contributed by atoms with Crippen LogP contribution < -0.4 is 4.90 Å². The SMILES string of the molecule is CCN(CC)CCN(C(=O)c1nn(C)cc1C)c1nc2c(C)cc(C)cc2s1.Cl. The Hall–Kier alpha value is -1.96. The standard InChI is InChI=1S/C21H29N5OS.ClH/c1-7-25(8-2)9-10-26(20(27)19-16(5)13-24(6)23-19)21-22-18-15(4)11-14(3)12-17(18)28-21;/h11-13H,7-10H2,1-6H3;1H. The predicted molar refractivity (Wildman–Crippen MR) is 124 cm³/mol. The Morgan fingerprint density at radius 2 is 1.79 bits per heavy atom. The van der Waals surface area contributed by atoms with Gasteiger partial charge in [-0.2, -0.15) is 5.10 Å². The topological polar surface area (TPSA) is 54.3 Å². The number of likely N-dealkylation sites (N-methyl/N-ethyl adjacent to an activating group) is 1. The maximum atomic E-state index is 13.4. The van der Waals surface area contributed by atoms with Gasteiger partial charge in [-0.3, -0.25) is 14.4 Å². The minimum atomic E-state index is -0.0845. The van der Waals surface area contributed by atoms with Crippen LogP contribution in [0.3, 0.4) is 0 Å². The highest BCUT2D eigenvalue weighted by Gasteiger charge is 2.25. The highest BCUT2D eigenvalue weighted by Crippen LogP contribution is 2.32. The van der Waals surface area contributed by atoms with E-state index in [0.29, 0.717) is 12.2 Å². The number of amides is 1. The van der Waals surface area contributed by atoms with Crippen LogP contribution in [0.5, 0.6) is 0 Å². The number of carbonyl (C=O) groups excluding carboxylic acids is 1. The Morgan fingerprint density at radius 3 is 2.38 bits per heavy atom. The van der Waals surface area contributed by atoms with Crippen molar-refractivity contribution >= 4 is 45.0 Å². The third-order valence-corrected chi connectivity index (χ3v) is 6.07. The normalized spacial score (nSPS) is 11.1. The Labute approximate surface area is 182 Å². The van der Waals surface area contributed by atoms with Crippen molar-refractivity contribution in [3.05, 3.63) is 40.7 Å². The molecule has 0 bridgehead atoms. The third kappa shape index (κ3) is 4.97. The summed E-state index contributed by atoms with van der Waals surface area (Å²) in [5.74, 6) is -0.0845. The average Bonchev–Trinajstić information content (AvgIpc) is 3.21. The van der Waals surface area contributed by atoms with E-state index < -0.39 is 0 Å². The summed E-state index contributed by atoms with van der Waals surface area (Å²) in [5.41, 5.74) is 4.70. The molecule has 0 saturated carbocycles. The molecule has 2 heterocycles. The predicted octanol–water partition coefficient (Wildman–Crippen LogP) is 4.37. The van der Waals surface area contributed by atoms with Gasteiger partial charge in [-0.05, 0) is 51.1 Å². The van der Waals surface area contributed by atoms with Crippen molar-refractivity contribution in [1.29, 1.82) is 0 Å². The zero-order chi connectivity index (χ0) is 20.4. The molecule has 158 valence electrons. The van der Waals surface area contributed by atoms with Crippen LogP contribution in [0.1, 0.15) is 41.0 Å². The maximum absolute atomic E-state index is 13.4. The van der Waals surface area contributed by atoms with Crippen molar-refractivity contribution in [2.24, 2.45) is 7.05 Å². The fraction of sp³-hybridized carbons (Fsp3) is 0.476. The van der Waals surface area contributed by atoms with E-state index >= 15 is 0 Å². The van der Waals surface area contributed by atoms with Crippen molar-refractivity contribution in [3.8, 4) is 0 Å². The number of anilines is 1. The van der Waals surface area contributed by atoms with Gasteiger partial charge in [-0.25, -0.2) is 4.98 Å². The Balaban J connectivity index is 0.00000300. The van der Waals surface area contributed by atoms with Crippen molar-refractivity contribution in [3.63, 3.8) is 0 Å². The molecule has 3 rings (SSSR count). The van der Waals surface area contributed by atoms with Gasteiger partial charge in [0.25, 0.3) is 5.91 Å². The Morgan fingerprint density at radius 1 is 1.10 bits per heavy atom. The Kier molecular flexibility index (Phi) is 7.80. The second-order valence-corrected chi connectivity index (χ2v) is 8.25. The van der Waals surface area contributed by atoms with E-state index in [2.05, 4.69) is 49.8 Å². The number of thiazole rings is 1. The molecule has 0 atom stereocenters. The largest absolute Gasteiger partial charge is 0.302 e. The first-order chi connectivity index (χ1) is 13.3. The van der Waals surface area contributed by atoms with Gasteiger partial charge in [-0.1, -0.05) is 31.3 Å². The van der Waals surface area contributed by atoms with Gasteiger partial charge in [-0.15, -0.1) is 12.4 Å². The lowest BCUT2D eigenvalue weighted by Crippen LogP contribution is -2.39. The van der Waals surface area contributed by atoms with E-state index in [1.54, 1.807) is 20.9 Å². The molecule has 0 aliphatic carbocycles. The summed E-state index contributed by atoms with van der Waals surface area (Å²) in [6.45, 7) is 13.7. The molecular formula is C21H30ClN5OS. The fourth-order valence-corrected chi connectivity index (χ4v) is 4.65. The van der Waals surface area contributed by atoms with E-state index in [1.165, 1.54) is 5.56 Å². The lowest BCUT2D eigenvalue weighted by molar-refractivity contribution is 0.0977. The van der Waals surface area contributed by atoms with E-state index in [1.807, 2.05) is 20.2 Å². The number of hydrogen-bond acceptors (Lipinski definition) is 5. The summed E-state index contributed by atoms with van der Waals surface area (Å²) in [6.07, 6.45) is 1.88. The van der Waals surface area contributed by atoms with Crippen LogP contribution >= 0.6 is 23.7 Å². The van der Waals surface area contributed by atoms with E-state index in [-0.39, 0.29) is 18.3 Å². The van der Waals surface area contributed by atoms with Gasteiger partial charge in [0, 0.05) is 31.9 Å². The van der Waals surface area contributed by atoms with Crippen LogP contribution in [0.25, 0.3) is 10.2 Å². The molecule has 0 fully saturated rings. The molecule has 8 heteroatoms. The summed E-state index contributed by atoms with van der Waals surface area (Å²) < 4.78 is 2.81. The molecule has 1 amide bonds. The minimum Gasteiger partial charge on any atom is -0.302 e. The molecule has 2 aromatic heterocycles. The maximum Gasteiger partial charge on any atom is 0.280 e. The molecule has 3 aromatic rings. The minimum absolute atomic E-state index is 0. The quantitative estimate of drug-likeness (QED) is 0.553. The fourth-order valence-electron chi connectivity index (χ4n) is 3.49. The van der Waals surface area contributed by atoms with Gasteiger partial charge in [0.1, 0.15) is 0 Å². The van der Waals surface area contributed by atoms with Crippen LogP contribution in [0, 0.1) is 20.8 Å². The van der Waals surface area contributed by atoms with Crippen molar-refractivity contribution in [2.45, 2.75) is 34.6 Å². The van der Waals surface area contributed by atoms with Crippen LogP contribution in [0.4, 0.5) is 5.13 Å². The lowest BCUT2D eigenvalue weighted by Gasteiger charge is -2.24. The van der Waals surface area contributed by atoms with Crippen LogP contribution in [-0.2, 0) is 7.05 Å². The number of aryl methyl sites for hydroxylation is 4. The third-order valence-electron chi connectivity index (χ3n) is 5.04. The molecule has 0 N–H and O–H groups in total. The lowest BCUT2D eigenvalue weighted by atomic mass is 10.1.